The van der Waals surface area contributed by atoms with Gasteiger partial charge in [0.15, 0.2) is 0 Å². The molecule has 0 saturated carbocycles. The molecule has 38 valence electrons. The van der Waals surface area contributed by atoms with Crippen LogP contribution in [-0.2, 0) is 9.99 Å². The van der Waals surface area contributed by atoms with Crippen LogP contribution in [0.4, 0.5) is 0 Å². The van der Waals surface area contributed by atoms with Crippen LogP contribution in [0.3, 0.4) is 0 Å². The molecule has 3 N–H and O–H groups in total. The Morgan fingerprint density at radius 2 is 2.17 bits per heavy atom. The molecule has 0 bridgehead atoms. The maximum atomic E-state index is 9.79. The number of hydrogen-bond donors (Lipinski definition) is 2. The van der Waals surface area contributed by atoms with E-state index in [2.05, 4.69) is 21.1 Å². The largest absolute Gasteiger partial charge is 0.302 e. The lowest BCUT2D eigenvalue weighted by atomic mass is 12.0. The van der Waals surface area contributed by atoms with Crippen LogP contribution in [0.1, 0.15) is 0 Å². The van der Waals surface area contributed by atoms with Gasteiger partial charge < -0.3 is 4.55 Å². The van der Waals surface area contributed by atoms with E-state index >= 15 is 0 Å². The normalized spacial score (nSPS) is 19.2. The molecule has 0 rings (SSSR count). The second-order valence-electron chi connectivity index (χ2n) is 0.703. The number of rotatable bonds is 0. The summed E-state index contributed by atoms with van der Waals surface area (Å²) in [6, 6.07) is 0. The summed E-state index contributed by atoms with van der Waals surface area (Å²) < 4.78 is 18.7. The molecule has 0 aromatic carbocycles. The van der Waals surface area contributed by atoms with Crippen molar-refractivity contribution in [1.29, 1.82) is 0 Å². The molecule has 0 spiro atoms. The molecule has 6 heavy (non-hydrogen) atoms. The highest BCUT2D eigenvalue weighted by atomic mass is 79.9. The Labute approximate surface area is 44.6 Å². The third-order valence-corrected chi connectivity index (χ3v) is 1.99. The third kappa shape index (κ3) is 4.42. The molecule has 5 heteroatoms. The lowest BCUT2D eigenvalue weighted by Gasteiger charge is -1.82. The van der Waals surface area contributed by atoms with Gasteiger partial charge in [-0.3, -0.25) is 0 Å². The van der Waals surface area contributed by atoms with Crippen molar-refractivity contribution in [3.63, 3.8) is 0 Å². The summed E-state index contributed by atoms with van der Waals surface area (Å²) in [5.74, 6) is 0. The van der Waals surface area contributed by atoms with E-state index in [0.717, 1.165) is 4.28 Å². The van der Waals surface area contributed by atoms with Gasteiger partial charge in [-0.1, -0.05) is 0 Å². The lowest BCUT2D eigenvalue weighted by molar-refractivity contribution is 0.562. The molecular formula is CH4BrNO2S. The van der Waals surface area contributed by atoms with Crippen LogP contribution in [0.5, 0.6) is 0 Å². The average Bonchev–Trinajstić information content (AvgIpc) is 1.35. The zero-order valence-electron chi connectivity index (χ0n) is 2.80. The predicted molar refractivity (Wildman–Crippen MR) is 29.9 cm³/mol. The van der Waals surface area contributed by atoms with E-state index in [0.29, 0.717) is 0 Å². The summed E-state index contributed by atoms with van der Waals surface area (Å²) in [4.78, 5) is 0. The van der Waals surface area contributed by atoms with E-state index in [1.807, 2.05) is 0 Å². The summed E-state index contributed by atoms with van der Waals surface area (Å²) in [7, 11) is -3.12. The van der Waals surface area contributed by atoms with Crippen molar-refractivity contribution in [3.05, 3.63) is 0 Å². The van der Waals surface area contributed by atoms with Gasteiger partial charge in [-0.2, -0.15) is 0 Å². The molecule has 0 aliphatic rings. The van der Waals surface area contributed by atoms with Gasteiger partial charge in [-0.05, 0) is 15.9 Å². The van der Waals surface area contributed by atoms with E-state index in [1.54, 1.807) is 0 Å². The zero-order valence-corrected chi connectivity index (χ0v) is 5.20. The molecule has 0 aliphatic carbocycles. The van der Waals surface area contributed by atoms with Crippen LogP contribution >= 0.6 is 15.9 Å². The fraction of sp³-hybridized carbons (Fsp3) is 0. The van der Waals surface area contributed by atoms with Crippen LogP contribution in [0.25, 0.3) is 0 Å². The highest BCUT2D eigenvalue weighted by Gasteiger charge is 1.79. The summed E-state index contributed by atoms with van der Waals surface area (Å²) in [6.07, 6.45) is 0. The average molecular weight is 174 g/mol. The molecule has 0 heterocycles. The van der Waals surface area contributed by atoms with Gasteiger partial charge in [-0.25, -0.2) is 9.35 Å². The van der Waals surface area contributed by atoms with Crippen molar-refractivity contribution >= 4 is 30.2 Å². The van der Waals surface area contributed by atoms with Crippen molar-refractivity contribution in [2.45, 2.75) is 0 Å². The van der Waals surface area contributed by atoms with Gasteiger partial charge in [0, 0.05) is 0 Å². The Hall–Kier alpha value is 0.420. The molecule has 0 aliphatic heterocycles. The van der Waals surface area contributed by atoms with Gasteiger partial charge in [-0.15, -0.1) is 0 Å². The maximum Gasteiger partial charge on any atom is 0.149 e. The number of nitrogens with two attached hydrogens (primary N) is 1. The standard InChI is InChI=1S/CH4BrNO2S/c2-1-6(3,4)5/h1H,(H3,3,4,5). The minimum absolute atomic E-state index is 0.861. The summed E-state index contributed by atoms with van der Waals surface area (Å²) in [6.45, 7) is 0. The Morgan fingerprint density at radius 1 is 2.00 bits per heavy atom. The summed E-state index contributed by atoms with van der Waals surface area (Å²) in [5.41, 5.74) is 0. The van der Waals surface area contributed by atoms with E-state index in [-0.39, 0.29) is 0 Å². The maximum absolute atomic E-state index is 9.79. The first-order chi connectivity index (χ1) is 2.56. The van der Waals surface area contributed by atoms with Crippen LogP contribution < -0.4 is 5.14 Å². The molecule has 1 atom stereocenters. The van der Waals surface area contributed by atoms with Gasteiger partial charge in [0.05, 0.1) is 4.28 Å². The fourth-order valence-electron chi connectivity index (χ4n) is 0. The molecule has 0 aromatic rings. The molecule has 0 radical (unpaired) electrons. The second kappa shape index (κ2) is 1.92. The summed E-state index contributed by atoms with van der Waals surface area (Å²) >= 11 is 2.59. The molecule has 0 saturated heterocycles. The zero-order chi connectivity index (χ0) is 5.21. The second-order valence-corrected chi connectivity index (χ2v) is 3.23. The highest BCUT2D eigenvalue weighted by molar-refractivity contribution is 9.19. The van der Waals surface area contributed by atoms with Crippen LogP contribution in [0, 0.1) is 0 Å². The third-order valence-electron chi connectivity index (χ3n) is 0.128. The molecule has 0 fully saturated rings. The fourth-order valence-corrected chi connectivity index (χ4v) is 0. The Bertz CT molecular complexity index is 126. The van der Waals surface area contributed by atoms with E-state index in [4.69, 9.17) is 4.55 Å². The first kappa shape index (κ1) is 6.42. The van der Waals surface area contributed by atoms with Crippen molar-refractivity contribution < 1.29 is 8.76 Å². The van der Waals surface area contributed by atoms with Crippen molar-refractivity contribution in [1.82, 2.24) is 0 Å². The van der Waals surface area contributed by atoms with Crippen molar-refractivity contribution in [2.24, 2.45) is 5.14 Å². The first-order valence-corrected chi connectivity index (χ1v) is 3.60. The van der Waals surface area contributed by atoms with E-state index in [1.165, 1.54) is 0 Å². The number of hydrogen-bond acceptors (Lipinski definition) is 1. The molecule has 0 aromatic heterocycles. The molecule has 0 amide bonds. The van der Waals surface area contributed by atoms with E-state index in [9.17, 15) is 4.21 Å². The van der Waals surface area contributed by atoms with Gasteiger partial charge in [0.2, 0.25) is 0 Å². The van der Waals surface area contributed by atoms with Gasteiger partial charge in [0.25, 0.3) is 0 Å². The minimum Gasteiger partial charge on any atom is -0.302 e. The Morgan fingerprint density at radius 3 is 2.17 bits per heavy atom. The van der Waals surface area contributed by atoms with Crippen molar-refractivity contribution in [3.8, 4) is 0 Å². The minimum atomic E-state index is -3.12. The summed E-state index contributed by atoms with van der Waals surface area (Å²) in [5, 5.41) is 4.52. The van der Waals surface area contributed by atoms with Gasteiger partial charge >= 0.3 is 0 Å². The molecule has 3 nitrogen and oxygen atoms in total. The van der Waals surface area contributed by atoms with Gasteiger partial charge in [0.1, 0.15) is 9.99 Å². The molecular weight excluding hydrogens is 170 g/mol. The van der Waals surface area contributed by atoms with Crippen LogP contribution in [0.15, 0.2) is 0 Å². The van der Waals surface area contributed by atoms with E-state index < -0.39 is 9.99 Å². The highest BCUT2D eigenvalue weighted by Crippen LogP contribution is 1.71. The van der Waals surface area contributed by atoms with Crippen molar-refractivity contribution in [2.75, 3.05) is 0 Å². The quantitative estimate of drug-likeness (QED) is 0.393. The van der Waals surface area contributed by atoms with Crippen LogP contribution in [-0.4, -0.2) is 13.0 Å². The monoisotopic (exact) mass is 173 g/mol. The SMILES string of the molecule is NS(=O)(O)=CBr. The molecule has 1 unspecified atom stereocenters. The predicted octanol–water partition coefficient (Wildman–Crippen LogP) is -0.228. The first-order valence-electron chi connectivity index (χ1n) is 1.04. The van der Waals surface area contributed by atoms with Crippen LogP contribution in [0.2, 0.25) is 0 Å². The lowest BCUT2D eigenvalue weighted by Crippen LogP contribution is -2.10. The smallest absolute Gasteiger partial charge is 0.149 e. The number of halogens is 1. The topological polar surface area (TPSA) is 63.3 Å². The Balaban J connectivity index is 4.24. The Kier molecular flexibility index (Phi) is 2.06.